The molecule has 2 rings (SSSR count). The molecule has 94 valence electrons. The molecule has 0 radical (unpaired) electrons. The summed E-state index contributed by atoms with van der Waals surface area (Å²) in [5.41, 5.74) is 1.11. The quantitative estimate of drug-likeness (QED) is 0.866. The number of pyridine rings is 1. The number of nitrogens with zero attached hydrogens (tertiary/aromatic N) is 2. The van der Waals surface area contributed by atoms with Gasteiger partial charge in [0.15, 0.2) is 0 Å². The van der Waals surface area contributed by atoms with Crippen molar-refractivity contribution in [1.82, 2.24) is 14.0 Å². The molecule has 0 amide bonds. The summed E-state index contributed by atoms with van der Waals surface area (Å²) in [7, 11) is -3.27. The average molecular weight is 255 g/mol. The van der Waals surface area contributed by atoms with E-state index in [1.807, 2.05) is 26.0 Å². The molecule has 1 fully saturated rings. The van der Waals surface area contributed by atoms with Crippen LogP contribution in [-0.4, -0.2) is 36.8 Å². The van der Waals surface area contributed by atoms with Gasteiger partial charge < -0.3 is 0 Å². The van der Waals surface area contributed by atoms with E-state index < -0.39 is 10.2 Å². The van der Waals surface area contributed by atoms with Gasteiger partial charge in [-0.1, -0.05) is 6.92 Å². The molecule has 1 aliphatic heterocycles. The van der Waals surface area contributed by atoms with Crippen LogP contribution in [0.3, 0.4) is 0 Å². The first-order valence-corrected chi connectivity index (χ1v) is 7.10. The van der Waals surface area contributed by atoms with E-state index in [0.717, 1.165) is 5.56 Å². The Morgan fingerprint density at radius 2 is 2.18 bits per heavy atom. The van der Waals surface area contributed by atoms with Gasteiger partial charge in [0.2, 0.25) is 0 Å². The molecule has 0 aliphatic carbocycles. The number of aromatic nitrogens is 1. The molecule has 1 aromatic rings. The fourth-order valence-corrected chi connectivity index (χ4v) is 3.62. The van der Waals surface area contributed by atoms with Gasteiger partial charge in [-0.25, -0.2) is 0 Å². The topological polar surface area (TPSA) is 62.3 Å². The zero-order chi connectivity index (χ0) is 12.5. The summed E-state index contributed by atoms with van der Waals surface area (Å²) in [6.07, 6.45) is 3.45. The summed E-state index contributed by atoms with van der Waals surface area (Å²) < 4.78 is 27.6. The predicted molar refractivity (Wildman–Crippen MR) is 65.7 cm³/mol. The zero-order valence-electron chi connectivity index (χ0n) is 10.00. The van der Waals surface area contributed by atoms with Crippen LogP contribution in [0.5, 0.6) is 0 Å². The van der Waals surface area contributed by atoms with Gasteiger partial charge in [-0.3, -0.25) is 4.98 Å². The van der Waals surface area contributed by atoms with Crippen molar-refractivity contribution in [2.45, 2.75) is 25.8 Å². The van der Waals surface area contributed by atoms with Crippen LogP contribution in [0.2, 0.25) is 0 Å². The van der Waals surface area contributed by atoms with Crippen molar-refractivity contribution in [1.29, 1.82) is 0 Å². The Morgan fingerprint density at radius 1 is 1.53 bits per heavy atom. The second-order valence-corrected chi connectivity index (χ2v) is 6.22. The van der Waals surface area contributed by atoms with E-state index in [1.54, 1.807) is 12.4 Å². The lowest BCUT2D eigenvalue weighted by atomic mass is 10.0. The lowest BCUT2D eigenvalue weighted by molar-refractivity contribution is 0.411. The van der Waals surface area contributed by atoms with Crippen LogP contribution >= 0.6 is 0 Å². The smallest absolute Gasteiger partial charge is 0.265 e. The van der Waals surface area contributed by atoms with Gasteiger partial charge in [0.25, 0.3) is 10.2 Å². The Kier molecular flexibility index (Phi) is 3.46. The minimum atomic E-state index is -3.27. The summed E-state index contributed by atoms with van der Waals surface area (Å²) in [6, 6.07) is 3.83. The molecule has 1 aromatic heterocycles. The second-order valence-electron chi connectivity index (χ2n) is 4.52. The maximum absolute atomic E-state index is 11.7. The van der Waals surface area contributed by atoms with Crippen molar-refractivity contribution in [2.75, 3.05) is 13.1 Å². The Bertz CT molecular complexity index is 475. The van der Waals surface area contributed by atoms with E-state index in [0.29, 0.717) is 13.1 Å². The molecule has 2 heterocycles. The molecular formula is C11H17N3O2S. The molecule has 1 saturated heterocycles. The minimum Gasteiger partial charge on any atom is -0.265 e. The van der Waals surface area contributed by atoms with Crippen molar-refractivity contribution >= 4 is 10.2 Å². The minimum absolute atomic E-state index is 0.00959. The third-order valence-electron chi connectivity index (χ3n) is 2.92. The predicted octanol–water partition coefficient (Wildman–Crippen LogP) is 0.724. The Morgan fingerprint density at radius 3 is 2.71 bits per heavy atom. The molecule has 5 nitrogen and oxygen atoms in total. The van der Waals surface area contributed by atoms with Crippen LogP contribution in [0.1, 0.15) is 25.3 Å². The third kappa shape index (κ3) is 2.83. The fourth-order valence-electron chi connectivity index (χ4n) is 2.05. The van der Waals surface area contributed by atoms with Gasteiger partial charge in [0, 0.05) is 31.5 Å². The van der Waals surface area contributed by atoms with E-state index in [-0.39, 0.29) is 12.0 Å². The maximum Gasteiger partial charge on any atom is 0.279 e. The first kappa shape index (κ1) is 12.5. The molecule has 0 bridgehead atoms. The van der Waals surface area contributed by atoms with Gasteiger partial charge in [0.1, 0.15) is 0 Å². The Balaban J connectivity index is 2.07. The normalized spacial score (nSPS) is 25.9. The van der Waals surface area contributed by atoms with Gasteiger partial charge in [-0.05, 0) is 30.5 Å². The zero-order valence-corrected chi connectivity index (χ0v) is 10.8. The molecule has 0 aromatic carbocycles. The van der Waals surface area contributed by atoms with E-state index in [1.165, 1.54) is 4.31 Å². The number of nitrogens with one attached hydrogen (secondary N) is 1. The van der Waals surface area contributed by atoms with Gasteiger partial charge in [-0.2, -0.15) is 17.4 Å². The molecule has 1 aliphatic rings. The van der Waals surface area contributed by atoms with Crippen LogP contribution in [0, 0.1) is 0 Å². The Hall–Kier alpha value is -0.980. The molecule has 17 heavy (non-hydrogen) atoms. The Labute approximate surface area is 102 Å². The highest BCUT2D eigenvalue weighted by molar-refractivity contribution is 7.87. The molecule has 6 heteroatoms. The van der Waals surface area contributed by atoms with Gasteiger partial charge in [-0.15, -0.1) is 0 Å². The largest absolute Gasteiger partial charge is 0.279 e. The summed E-state index contributed by atoms with van der Waals surface area (Å²) in [4.78, 5) is 3.96. The lowest BCUT2D eigenvalue weighted by Crippen LogP contribution is -2.32. The highest BCUT2D eigenvalue weighted by Gasteiger charge is 2.33. The van der Waals surface area contributed by atoms with Gasteiger partial charge in [0.05, 0.1) is 0 Å². The van der Waals surface area contributed by atoms with Crippen LogP contribution < -0.4 is 4.72 Å². The highest BCUT2D eigenvalue weighted by atomic mass is 32.2. The van der Waals surface area contributed by atoms with Crippen LogP contribution in [-0.2, 0) is 10.2 Å². The molecular weight excluding hydrogens is 238 g/mol. The molecule has 2 unspecified atom stereocenters. The van der Waals surface area contributed by atoms with Crippen LogP contribution in [0.15, 0.2) is 24.5 Å². The summed E-state index contributed by atoms with van der Waals surface area (Å²) in [6.45, 7) is 4.93. The standard InChI is InChI=1S/C11H17N3O2S/c1-9(11-3-5-12-6-4-11)7-14-8-10(2)13-17(14,15)16/h3-6,9-10,13H,7-8H2,1-2H3. The molecule has 1 N–H and O–H groups in total. The van der Waals surface area contributed by atoms with E-state index in [4.69, 9.17) is 0 Å². The lowest BCUT2D eigenvalue weighted by Gasteiger charge is -2.18. The van der Waals surface area contributed by atoms with Crippen LogP contribution in [0.4, 0.5) is 0 Å². The monoisotopic (exact) mass is 255 g/mol. The SMILES string of the molecule is CC1CN(CC(C)c2ccncc2)S(=O)(=O)N1. The van der Waals surface area contributed by atoms with E-state index in [2.05, 4.69) is 9.71 Å². The second kappa shape index (κ2) is 4.72. The number of rotatable bonds is 3. The van der Waals surface area contributed by atoms with Crippen molar-refractivity contribution in [3.05, 3.63) is 30.1 Å². The third-order valence-corrected chi connectivity index (χ3v) is 4.60. The maximum atomic E-state index is 11.7. The fraction of sp³-hybridized carbons (Fsp3) is 0.545. The molecule has 0 saturated carbocycles. The summed E-state index contributed by atoms with van der Waals surface area (Å²) in [5.74, 6) is 0.167. The van der Waals surface area contributed by atoms with Crippen LogP contribution in [0.25, 0.3) is 0 Å². The summed E-state index contributed by atoms with van der Waals surface area (Å²) in [5, 5.41) is 0. The highest BCUT2D eigenvalue weighted by Crippen LogP contribution is 2.19. The van der Waals surface area contributed by atoms with Crippen molar-refractivity contribution in [3.63, 3.8) is 0 Å². The molecule has 2 atom stereocenters. The number of hydrogen-bond donors (Lipinski definition) is 1. The van der Waals surface area contributed by atoms with E-state index >= 15 is 0 Å². The van der Waals surface area contributed by atoms with Crippen molar-refractivity contribution < 1.29 is 8.42 Å². The summed E-state index contributed by atoms with van der Waals surface area (Å²) >= 11 is 0. The first-order chi connectivity index (χ1) is 7.99. The van der Waals surface area contributed by atoms with Crippen molar-refractivity contribution in [3.8, 4) is 0 Å². The van der Waals surface area contributed by atoms with Crippen molar-refractivity contribution in [2.24, 2.45) is 0 Å². The average Bonchev–Trinajstić information content (AvgIpc) is 2.53. The van der Waals surface area contributed by atoms with Gasteiger partial charge >= 0.3 is 0 Å². The molecule has 0 spiro atoms. The number of hydrogen-bond acceptors (Lipinski definition) is 3. The van der Waals surface area contributed by atoms with E-state index in [9.17, 15) is 8.42 Å². The first-order valence-electron chi connectivity index (χ1n) is 5.66.